The van der Waals surface area contributed by atoms with Gasteiger partial charge in [0.15, 0.2) is 5.78 Å². The lowest BCUT2D eigenvalue weighted by molar-refractivity contribution is 0.101. The Balaban J connectivity index is 2.23. The van der Waals surface area contributed by atoms with Crippen molar-refractivity contribution in [1.82, 2.24) is 0 Å². The molecule has 4 heteroatoms. The Morgan fingerprint density at radius 1 is 1.00 bits per heavy atom. The topological polar surface area (TPSA) is 47.6 Å². The first-order valence-corrected chi connectivity index (χ1v) is 6.24. The molecule has 0 saturated heterocycles. The van der Waals surface area contributed by atoms with Crippen LogP contribution in [0.3, 0.4) is 0 Å². The summed E-state index contributed by atoms with van der Waals surface area (Å²) in [5.41, 5.74) is 2.42. The SMILES string of the molecule is COc1ccc(Nc2ccc(C(C)=O)cc2)c(OC)c1. The van der Waals surface area contributed by atoms with Crippen molar-refractivity contribution < 1.29 is 14.3 Å². The molecule has 0 atom stereocenters. The van der Waals surface area contributed by atoms with E-state index in [1.54, 1.807) is 33.3 Å². The average molecular weight is 271 g/mol. The standard InChI is InChI=1S/C16H17NO3/c1-11(18)12-4-6-13(7-5-12)17-15-9-8-14(19-2)10-16(15)20-3/h4-10,17H,1-3H3. The fourth-order valence-electron chi connectivity index (χ4n) is 1.85. The molecule has 104 valence electrons. The van der Waals surface area contributed by atoms with E-state index in [0.29, 0.717) is 11.3 Å². The molecule has 0 heterocycles. The summed E-state index contributed by atoms with van der Waals surface area (Å²) in [5.74, 6) is 1.48. The molecular weight excluding hydrogens is 254 g/mol. The Kier molecular flexibility index (Phi) is 4.25. The fraction of sp³-hybridized carbons (Fsp3) is 0.188. The molecule has 1 N–H and O–H groups in total. The lowest BCUT2D eigenvalue weighted by Crippen LogP contribution is -1.97. The van der Waals surface area contributed by atoms with Crippen molar-refractivity contribution in [2.45, 2.75) is 6.92 Å². The van der Waals surface area contributed by atoms with E-state index in [2.05, 4.69) is 5.32 Å². The molecule has 0 unspecified atom stereocenters. The Morgan fingerprint density at radius 3 is 2.25 bits per heavy atom. The Labute approximate surface area is 118 Å². The van der Waals surface area contributed by atoms with E-state index in [4.69, 9.17) is 9.47 Å². The van der Waals surface area contributed by atoms with Gasteiger partial charge in [0.05, 0.1) is 19.9 Å². The molecule has 0 radical (unpaired) electrons. The van der Waals surface area contributed by atoms with Gasteiger partial charge in [0.25, 0.3) is 0 Å². The number of methoxy groups -OCH3 is 2. The van der Waals surface area contributed by atoms with Gasteiger partial charge in [-0.25, -0.2) is 0 Å². The fourth-order valence-corrected chi connectivity index (χ4v) is 1.85. The van der Waals surface area contributed by atoms with Crippen LogP contribution in [0.2, 0.25) is 0 Å². The maximum Gasteiger partial charge on any atom is 0.159 e. The highest BCUT2D eigenvalue weighted by atomic mass is 16.5. The second-order valence-corrected chi connectivity index (χ2v) is 4.32. The zero-order valence-electron chi connectivity index (χ0n) is 11.8. The van der Waals surface area contributed by atoms with Gasteiger partial charge < -0.3 is 14.8 Å². The quantitative estimate of drug-likeness (QED) is 0.843. The maximum atomic E-state index is 11.2. The van der Waals surface area contributed by atoms with E-state index >= 15 is 0 Å². The molecule has 0 aliphatic carbocycles. The summed E-state index contributed by atoms with van der Waals surface area (Å²) in [7, 11) is 3.22. The van der Waals surface area contributed by atoms with Crippen LogP contribution in [0.1, 0.15) is 17.3 Å². The second kappa shape index (κ2) is 6.10. The molecule has 0 aliphatic heterocycles. The molecule has 0 bridgehead atoms. The molecule has 0 aliphatic rings. The molecule has 0 fully saturated rings. The number of rotatable bonds is 5. The van der Waals surface area contributed by atoms with Crippen LogP contribution in [-0.4, -0.2) is 20.0 Å². The minimum atomic E-state index is 0.0542. The van der Waals surface area contributed by atoms with E-state index in [0.717, 1.165) is 17.1 Å². The van der Waals surface area contributed by atoms with Gasteiger partial charge in [-0.2, -0.15) is 0 Å². The number of benzene rings is 2. The van der Waals surface area contributed by atoms with Crippen LogP contribution in [0.4, 0.5) is 11.4 Å². The number of carbonyl (C=O) groups excluding carboxylic acids is 1. The number of hydrogen-bond donors (Lipinski definition) is 1. The summed E-state index contributed by atoms with van der Waals surface area (Å²) >= 11 is 0. The predicted molar refractivity (Wildman–Crippen MR) is 79.3 cm³/mol. The van der Waals surface area contributed by atoms with Gasteiger partial charge in [-0.05, 0) is 43.3 Å². The van der Waals surface area contributed by atoms with E-state index in [1.807, 2.05) is 30.3 Å². The number of nitrogens with one attached hydrogen (secondary N) is 1. The molecule has 2 aromatic carbocycles. The minimum Gasteiger partial charge on any atom is -0.497 e. The third-order valence-electron chi connectivity index (χ3n) is 2.98. The maximum absolute atomic E-state index is 11.2. The van der Waals surface area contributed by atoms with E-state index in [-0.39, 0.29) is 5.78 Å². The lowest BCUT2D eigenvalue weighted by atomic mass is 10.1. The van der Waals surface area contributed by atoms with Crippen molar-refractivity contribution in [1.29, 1.82) is 0 Å². The van der Waals surface area contributed by atoms with E-state index < -0.39 is 0 Å². The van der Waals surface area contributed by atoms with Crippen molar-refractivity contribution in [2.75, 3.05) is 19.5 Å². The number of ether oxygens (including phenoxy) is 2. The molecule has 2 rings (SSSR count). The van der Waals surface area contributed by atoms with E-state index in [1.165, 1.54) is 0 Å². The van der Waals surface area contributed by atoms with Gasteiger partial charge in [-0.15, -0.1) is 0 Å². The van der Waals surface area contributed by atoms with Crippen molar-refractivity contribution in [3.8, 4) is 11.5 Å². The predicted octanol–water partition coefficient (Wildman–Crippen LogP) is 3.65. The first-order valence-electron chi connectivity index (χ1n) is 6.24. The number of hydrogen-bond acceptors (Lipinski definition) is 4. The van der Waals surface area contributed by atoms with Crippen molar-refractivity contribution in [3.63, 3.8) is 0 Å². The van der Waals surface area contributed by atoms with Gasteiger partial charge in [0, 0.05) is 17.3 Å². The number of ketones is 1. The molecule has 20 heavy (non-hydrogen) atoms. The van der Waals surface area contributed by atoms with Crippen LogP contribution in [0.5, 0.6) is 11.5 Å². The Hall–Kier alpha value is -2.49. The van der Waals surface area contributed by atoms with E-state index in [9.17, 15) is 4.79 Å². The highest BCUT2D eigenvalue weighted by Crippen LogP contribution is 2.31. The number of Topliss-reactive ketones (excluding diaryl/α,β-unsaturated/α-hetero) is 1. The number of anilines is 2. The normalized spacial score (nSPS) is 9.95. The summed E-state index contributed by atoms with van der Waals surface area (Å²) in [6.07, 6.45) is 0. The molecule has 0 aromatic heterocycles. The van der Waals surface area contributed by atoms with Crippen LogP contribution in [0, 0.1) is 0 Å². The van der Waals surface area contributed by atoms with Gasteiger partial charge in [-0.1, -0.05) is 0 Å². The smallest absolute Gasteiger partial charge is 0.159 e. The van der Waals surface area contributed by atoms with Gasteiger partial charge in [-0.3, -0.25) is 4.79 Å². The molecule has 0 amide bonds. The third kappa shape index (κ3) is 3.09. The van der Waals surface area contributed by atoms with Crippen molar-refractivity contribution >= 4 is 17.2 Å². The molecule has 2 aromatic rings. The van der Waals surface area contributed by atoms with Gasteiger partial charge in [0.1, 0.15) is 11.5 Å². The second-order valence-electron chi connectivity index (χ2n) is 4.32. The third-order valence-corrected chi connectivity index (χ3v) is 2.98. The number of carbonyl (C=O) groups is 1. The first kappa shape index (κ1) is 13.9. The van der Waals surface area contributed by atoms with Crippen molar-refractivity contribution in [3.05, 3.63) is 48.0 Å². The van der Waals surface area contributed by atoms with Crippen LogP contribution in [0.25, 0.3) is 0 Å². The van der Waals surface area contributed by atoms with Gasteiger partial charge in [0.2, 0.25) is 0 Å². The Bertz CT molecular complexity index is 606. The summed E-state index contributed by atoms with van der Waals surface area (Å²) in [5, 5.41) is 3.25. The monoisotopic (exact) mass is 271 g/mol. The highest BCUT2D eigenvalue weighted by Gasteiger charge is 2.06. The van der Waals surface area contributed by atoms with Crippen LogP contribution in [-0.2, 0) is 0 Å². The Morgan fingerprint density at radius 2 is 1.70 bits per heavy atom. The summed E-state index contributed by atoms with van der Waals surface area (Å²) < 4.78 is 10.5. The van der Waals surface area contributed by atoms with Crippen LogP contribution >= 0.6 is 0 Å². The van der Waals surface area contributed by atoms with Gasteiger partial charge >= 0.3 is 0 Å². The minimum absolute atomic E-state index is 0.0542. The summed E-state index contributed by atoms with van der Waals surface area (Å²) in [4.78, 5) is 11.2. The lowest BCUT2D eigenvalue weighted by Gasteiger charge is -2.12. The molecule has 0 spiro atoms. The highest BCUT2D eigenvalue weighted by molar-refractivity contribution is 5.94. The van der Waals surface area contributed by atoms with Crippen molar-refractivity contribution in [2.24, 2.45) is 0 Å². The first-order chi connectivity index (χ1) is 9.63. The zero-order valence-corrected chi connectivity index (χ0v) is 11.8. The summed E-state index contributed by atoms with van der Waals surface area (Å²) in [6, 6.07) is 12.9. The summed E-state index contributed by atoms with van der Waals surface area (Å²) in [6.45, 7) is 1.55. The van der Waals surface area contributed by atoms with Crippen LogP contribution in [0.15, 0.2) is 42.5 Å². The molecule has 0 saturated carbocycles. The average Bonchev–Trinajstić information content (AvgIpc) is 2.48. The van der Waals surface area contributed by atoms with Crippen LogP contribution < -0.4 is 14.8 Å². The largest absolute Gasteiger partial charge is 0.497 e. The molecular formula is C16H17NO3. The molecule has 4 nitrogen and oxygen atoms in total. The zero-order chi connectivity index (χ0) is 14.5.